The molecule has 1 aliphatic heterocycles. The Hall–Kier alpha value is -2.64. The fourth-order valence-electron chi connectivity index (χ4n) is 3.20. The van der Waals surface area contributed by atoms with Crippen molar-refractivity contribution >= 4 is 32.6 Å². The summed E-state index contributed by atoms with van der Waals surface area (Å²) in [6.07, 6.45) is 0.859. The minimum atomic E-state index is -0.0752. The number of carbonyl (C=O) groups excluding carboxylic acids is 1. The van der Waals surface area contributed by atoms with Crippen LogP contribution in [0.1, 0.15) is 22.3 Å². The minimum absolute atomic E-state index is 0.0752. The highest BCUT2D eigenvalue weighted by atomic mass is 32.1. The molecule has 28 heavy (non-hydrogen) atoms. The molecule has 0 atom stereocenters. The van der Waals surface area contributed by atoms with Gasteiger partial charge in [0.15, 0.2) is 16.6 Å². The predicted octanol–water partition coefficient (Wildman–Crippen LogP) is 3.93. The van der Waals surface area contributed by atoms with E-state index in [0.717, 1.165) is 33.9 Å². The summed E-state index contributed by atoms with van der Waals surface area (Å²) in [4.78, 5) is 22.0. The second kappa shape index (κ2) is 7.77. The highest BCUT2D eigenvalue weighted by Gasteiger charge is 2.24. The molecule has 0 saturated heterocycles. The maximum absolute atomic E-state index is 13.4. The lowest BCUT2D eigenvalue weighted by atomic mass is 10.1. The number of nitrogens with zero attached hydrogens (tertiary/aromatic N) is 3. The van der Waals surface area contributed by atoms with Gasteiger partial charge in [-0.2, -0.15) is 0 Å². The zero-order chi connectivity index (χ0) is 19.7. The maximum atomic E-state index is 13.4. The van der Waals surface area contributed by atoms with Crippen molar-refractivity contribution in [3.05, 3.63) is 47.5 Å². The van der Waals surface area contributed by atoms with Gasteiger partial charge in [0, 0.05) is 12.1 Å². The van der Waals surface area contributed by atoms with E-state index < -0.39 is 0 Å². The van der Waals surface area contributed by atoms with E-state index in [0.29, 0.717) is 23.6 Å². The predicted molar refractivity (Wildman–Crippen MR) is 112 cm³/mol. The number of anilines is 1. The van der Waals surface area contributed by atoms with Crippen LogP contribution in [-0.4, -0.2) is 49.8 Å². The van der Waals surface area contributed by atoms with Crippen molar-refractivity contribution in [1.82, 2.24) is 9.88 Å². The number of amides is 1. The lowest BCUT2D eigenvalue weighted by molar-refractivity contribution is 0.0985. The van der Waals surface area contributed by atoms with E-state index in [1.54, 1.807) is 34.4 Å². The van der Waals surface area contributed by atoms with E-state index >= 15 is 0 Å². The van der Waals surface area contributed by atoms with Gasteiger partial charge in [-0.3, -0.25) is 9.69 Å². The zero-order valence-corrected chi connectivity index (χ0v) is 17.1. The third-order valence-corrected chi connectivity index (χ3v) is 5.74. The molecule has 7 heteroatoms. The topological polar surface area (TPSA) is 54.9 Å². The van der Waals surface area contributed by atoms with Gasteiger partial charge in [0.2, 0.25) is 6.79 Å². The van der Waals surface area contributed by atoms with Crippen molar-refractivity contribution in [3.63, 3.8) is 0 Å². The Morgan fingerprint density at radius 1 is 1.14 bits per heavy atom. The molecule has 0 bridgehead atoms. The number of ether oxygens (including phenoxy) is 2. The van der Waals surface area contributed by atoms with Crippen LogP contribution in [-0.2, 0) is 0 Å². The number of hydrogen-bond acceptors (Lipinski definition) is 6. The molecule has 2 heterocycles. The first kappa shape index (κ1) is 18.7. The minimum Gasteiger partial charge on any atom is -0.454 e. The first-order valence-corrected chi connectivity index (χ1v) is 10.1. The Balaban J connectivity index is 1.67. The van der Waals surface area contributed by atoms with Crippen molar-refractivity contribution in [2.45, 2.75) is 13.3 Å². The molecule has 3 aromatic rings. The number of aromatic nitrogens is 1. The van der Waals surface area contributed by atoms with Crippen molar-refractivity contribution < 1.29 is 14.3 Å². The van der Waals surface area contributed by atoms with Crippen LogP contribution in [0.25, 0.3) is 10.2 Å². The smallest absolute Gasteiger partial charge is 0.260 e. The lowest BCUT2D eigenvalue weighted by Gasteiger charge is -2.21. The Morgan fingerprint density at radius 3 is 2.75 bits per heavy atom. The van der Waals surface area contributed by atoms with Gasteiger partial charge < -0.3 is 14.4 Å². The molecule has 6 nitrogen and oxygen atoms in total. The molecule has 1 aliphatic rings. The summed E-state index contributed by atoms with van der Waals surface area (Å²) >= 11 is 1.55. The van der Waals surface area contributed by atoms with E-state index in [1.165, 1.54) is 0 Å². The fraction of sp³-hybridized carbons (Fsp3) is 0.333. The van der Waals surface area contributed by atoms with Crippen molar-refractivity contribution in [1.29, 1.82) is 0 Å². The first-order valence-electron chi connectivity index (χ1n) is 9.25. The molecule has 0 saturated carbocycles. The van der Waals surface area contributed by atoms with Crippen LogP contribution in [0.4, 0.5) is 5.13 Å². The van der Waals surface area contributed by atoms with Crippen molar-refractivity contribution in [2.75, 3.05) is 38.9 Å². The Morgan fingerprint density at radius 2 is 1.96 bits per heavy atom. The van der Waals surface area contributed by atoms with E-state index in [1.807, 2.05) is 39.2 Å². The van der Waals surface area contributed by atoms with Gasteiger partial charge in [0.1, 0.15) is 0 Å². The zero-order valence-electron chi connectivity index (χ0n) is 16.3. The second-order valence-corrected chi connectivity index (χ2v) is 8.11. The summed E-state index contributed by atoms with van der Waals surface area (Å²) in [6.45, 7) is 3.73. The Kier molecular flexibility index (Phi) is 5.19. The summed E-state index contributed by atoms with van der Waals surface area (Å²) in [5, 5.41) is 0.728. The molecule has 4 rings (SSSR count). The number of thiazole rings is 1. The van der Waals surface area contributed by atoms with Crippen LogP contribution in [0.3, 0.4) is 0 Å². The summed E-state index contributed by atoms with van der Waals surface area (Å²) in [7, 11) is 4.07. The van der Waals surface area contributed by atoms with Crippen LogP contribution >= 0.6 is 11.3 Å². The summed E-state index contributed by atoms with van der Waals surface area (Å²) < 4.78 is 11.9. The molecule has 1 aromatic heterocycles. The van der Waals surface area contributed by atoms with Gasteiger partial charge in [-0.1, -0.05) is 23.5 Å². The van der Waals surface area contributed by atoms with Crippen LogP contribution in [0.15, 0.2) is 36.4 Å². The normalized spacial score (nSPS) is 12.7. The van der Waals surface area contributed by atoms with Crippen LogP contribution in [0, 0.1) is 6.92 Å². The van der Waals surface area contributed by atoms with E-state index in [2.05, 4.69) is 4.90 Å². The molecular formula is C21H23N3O3S. The average Bonchev–Trinajstić information content (AvgIpc) is 3.31. The number of hydrogen-bond donors (Lipinski definition) is 0. The van der Waals surface area contributed by atoms with Gasteiger partial charge in [0.25, 0.3) is 5.91 Å². The van der Waals surface area contributed by atoms with Crippen molar-refractivity contribution in [3.8, 4) is 11.5 Å². The SMILES string of the molecule is Cc1cccc2sc(N(CCCN(C)C)C(=O)c3ccc4c(c3)OCO4)nc12. The monoisotopic (exact) mass is 397 g/mol. The Bertz CT molecular complexity index is 1020. The third-order valence-electron chi connectivity index (χ3n) is 4.69. The Labute approximate surface area is 168 Å². The lowest BCUT2D eigenvalue weighted by Crippen LogP contribution is -2.33. The van der Waals surface area contributed by atoms with Crippen LogP contribution < -0.4 is 14.4 Å². The molecule has 0 aliphatic carbocycles. The molecule has 0 spiro atoms. The molecule has 146 valence electrons. The summed E-state index contributed by atoms with van der Waals surface area (Å²) in [5.74, 6) is 1.21. The molecule has 0 fully saturated rings. The highest BCUT2D eigenvalue weighted by molar-refractivity contribution is 7.22. The average molecular weight is 398 g/mol. The summed E-state index contributed by atoms with van der Waals surface area (Å²) in [5.41, 5.74) is 2.65. The number of fused-ring (bicyclic) bond motifs is 2. The van der Waals surface area contributed by atoms with E-state index in [-0.39, 0.29) is 12.7 Å². The number of aryl methyl sites for hydroxylation is 1. The van der Waals surface area contributed by atoms with Crippen molar-refractivity contribution in [2.24, 2.45) is 0 Å². The molecule has 0 radical (unpaired) electrons. The molecular weight excluding hydrogens is 374 g/mol. The molecule has 0 N–H and O–H groups in total. The van der Waals surface area contributed by atoms with Crippen LogP contribution in [0.2, 0.25) is 0 Å². The largest absolute Gasteiger partial charge is 0.454 e. The first-order chi connectivity index (χ1) is 13.5. The van der Waals surface area contributed by atoms with Gasteiger partial charge in [0.05, 0.1) is 10.2 Å². The van der Waals surface area contributed by atoms with Gasteiger partial charge >= 0.3 is 0 Å². The molecule has 2 aromatic carbocycles. The molecule has 0 unspecified atom stereocenters. The number of rotatable bonds is 6. The number of para-hydroxylation sites is 1. The van der Waals surface area contributed by atoms with Gasteiger partial charge in [-0.15, -0.1) is 0 Å². The highest BCUT2D eigenvalue weighted by Crippen LogP contribution is 2.35. The summed E-state index contributed by atoms with van der Waals surface area (Å²) in [6, 6.07) is 11.4. The fourth-order valence-corrected chi connectivity index (χ4v) is 4.27. The maximum Gasteiger partial charge on any atom is 0.260 e. The standard InChI is InChI=1S/C21H23N3O3S/c1-14-6-4-7-18-19(14)22-21(28-18)24(11-5-10-23(2)3)20(25)15-8-9-16-17(12-15)27-13-26-16/h4,6-9,12H,5,10-11,13H2,1-3H3. The quantitative estimate of drug-likeness (QED) is 0.631. The third kappa shape index (κ3) is 3.68. The van der Waals surface area contributed by atoms with Gasteiger partial charge in [-0.25, -0.2) is 4.98 Å². The van der Waals surface area contributed by atoms with E-state index in [4.69, 9.17) is 14.5 Å². The number of benzene rings is 2. The van der Waals surface area contributed by atoms with Gasteiger partial charge in [-0.05, 0) is 63.8 Å². The number of carbonyl (C=O) groups is 1. The van der Waals surface area contributed by atoms with E-state index in [9.17, 15) is 4.79 Å². The van der Waals surface area contributed by atoms with Crippen LogP contribution in [0.5, 0.6) is 11.5 Å². The second-order valence-electron chi connectivity index (χ2n) is 7.10. The molecule has 1 amide bonds.